The maximum Gasteiger partial charge on any atom is 0.222 e. The van der Waals surface area contributed by atoms with E-state index in [2.05, 4.69) is 25.7 Å². The Morgan fingerprint density at radius 2 is 2.06 bits per heavy atom. The number of hydrogen-bond acceptors (Lipinski definition) is 5. The number of amides is 1. The third-order valence-corrected chi connectivity index (χ3v) is 7.22. The van der Waals surface area contributed by atoms with Gasteiger partial charge in [-0.1, -0.05) is 38.4 Å². The van der Waals surface area contributed by atoms with Gasteiger partial charge in [0.1, 0.15) is 0 Å². The zero-order valence-electron chi connectivity index (χ0n) is 21.9. The van der Waals surface area contributed by atoms with E-state index in [4.69, 9.17) is 27.7 Å². The third-order valence-electron chi connectivity index (χ3n) is 6.91. The Morgan fingerprint density at radius 3 is 2.75 bits per heavy atom. The van der Waals surface area contributed by atoms with E-state index in [9.17, 15) is 4.79 Å². The Bertz CT molecular complexity index is 1330. The summed E-state index contributed by atoms with van der Waals surface area (Å²) in [6, 6.07) is 7.79. The standard InChI is InChI=1S/C29H36ClN5O/c1-18-8-9-24(32)22(16-31)27(18)20-14-25-21(13-23(20)30)28-19(17-33-25)7-6-10-35(28)12-11-34(5)26(36)15-29(2,3)4/h8-9,13-14,16-17,31H,6-7,10-12,15,32H2,1-5H3. The van der Waals surface area contributed by atoms with Crippen molar-refractivity contribution in [3.8, 4) is 11.1 Å². The quantitative estimate of drug-likeness (QED) is 0.313. The second-order valence-corrected chi connectivity index (χ2v) is 11.4. The van der Waals surface area contributed by atoms with E-state index in [1.54, 1.807) is 0 Å². The van der Waals surface area contributed by atoms with Gasteiger partial charge in [0.2, 0.25) is 5.91 Å². The van der Waals surface area contributed by atoms with Crippen LogP contribution in [0.15, 0.2) is 30.5 Å². The van der Waals surface area contributed by atoms with Crippen molar-refractivity contribution in [1.82, 2.24) is 9.88 Å². The molecule has 36 heavy (non-hydrogen) atoms. The van der Waals surface area contributed by atoms with Crippen LogP contribution >= 0.6 is 11.6 Å². The number of halogens is 1. The number of hydrogen-bond donors (Lipinski definition) is 2. The van der Waals surface area contributed by atoms with E-state index < -0.39 is 0 Å². The summed E-state index contributed by atoms with van der Waals surface area (Å²) in [7, 11) is 1.89. The molecule has 0 atom stereocenters. The molecule has 2 heterocycles. The van der Waals surface area contributed by atoms with Crippen LogP contribution in [0, 0.1) is 17.7 Å². The molecule has 1 amide bonds. The van der Waals surface area contributed by atoms with Crippen molar-refractivity contribution >= 4 is 46.0 Å². The van der Waals surface area contributed by atoms with Crippen LogP contribution in [0.4, 0.5) is 11.4 Å². The summed E-state index contributed by atoms with van der Waals surface area (Å²) >= 11 is 6.90. The molecule has 2 aromatic carbocycles. The molecule has 0 spiro atoms. The van der Waals surface area contributed by atoms with Gasteiger partial charge in [-0.05, 0) is 60.1 Å². The highest BCUT2D eigenvalue weighted by atomic mass is 35.5. The highest BCUT2D eigenvalue weighted by Crippen LogP contribution is 2.41. The molecule has 0 bridgehead atoms. The first kappa shape index (κ1) is 26.0. The topological polar surface area (TPSA) is 86.3 Å². The van der Waals surface area contributed by atoms with Crippen LogP contribution < -0.4 is 10.6 Å². The summed E-state index contributed by atoms with van der Waals surface area (Å²) in [5.41, 5.74) is 13.3. The number of carbonyl (C=O) groups excluding carboxylic acids is 1. The first-order valence-corrected chi connectivity index (χ1v) is 12.9. The van der Waals surface area contributed by atoms with Gasteiger partial charge in [0, 0.05) is 72.7 Å². The van der Waals surface area contributed by atoms with Gasteiger partial charge in [-0.3, -0.25) is 9.78 Å². The predicted octanol–water partition coefficient (Wildman–Crippen LogP) is 6.09. The molecule has 0 fully saturated rings. The number of fused-ring (bicyclic) bond motifs is 3. The first-order chi connectivity index (χ1) is 17.0. The van der Waals surface area contributed by atoms with Crippen molar-refractivity contribution in [1.29, 1.82) is 5.41 Å². The number of nitrogens with one attached hydrogen (secondary N) is 1. The molecule has 0 saturated heterocycles. The molecule has 4 rings (SSSR count). The molecular weight excluding hydrogens is 470 g/mol. The molecule has 0 aliphatic carbocycles. The maximum atomic E-state index is 12.7. The first-order valence-electron chi connectivity index (χ1n) is 12.5. The van der Waals surface area contributed by atoms with Crippen LogP contribution in [0.1, 0.15) is 50.3 Å². The SMILES string of the molecule is Cc1ccc(N)c(C=N)c1-c1cc2ncc3c(c2cc1Cl)N(CCN(C)C(=O)CC(C)(C)C)CCC3. The van der Waals surface area contributed by atoms with Gasteiger partial charge in [-0.25, -0.2) is 0 Å². The van der Waals surface area contributed by atoms with Crippen LogP contribution in [0.25, 0.3) is 22.0 Å². The molecule has 7 heteroatoms. The largest absolute Gasteiger partial charge is 0.398 e. The molecule has 6 nitrogen and oxygen atoms in total. The van der Waals surface area contributed by atoms with Crippen molar-refractivity contribution in [3.63, 3.8) is 0 Å². The third kappa shape index (κ3) is 5.19. The van der Waals surface area contributed by atoms with Gasteiger partial charge in [0.15, 0.2) is 0 Å². The van der Waals surface area contributed by atoms with Crippen LogP contribution in [0.2, 0.25) is 5.02 Å². The maximum absolute atomic E-state index is 12.7. The number of rotatable bonds is 6. The Labute approximate surface area is 219 Å². The van der Waals surface area contributed by atoms with Crippen molar-refractivity contribution in [2.45, 2.75) is 47.0 Å². The van der Waals surface area contributed by atoms with Gasteiger partial charge >= 0.3 is 0 Å². The number of benzene rings is 2. The summed E-state index contributed by atoms with van der Waals surface area (Å²) < 4.78 is 0. The number of nitrogens with two attached hydrogens (primary N) is 1. The number of nitrogen functional groups attached to an aromatic ring is 1. The monoisotopic (exact) mass is 505 g/mol. The van der Waals surface area contributed by atoms with Crippen molar-refractivity contribution < 1.29 is 4.79 Å². The highest BCUT2D eigenvalue weighted by molar-refractivity contribution is 6.34. The summed E-state index contributed by atoms with van der Waals surface area (Å²) in [4.78, 5) is 21.7. The van der Waals surface area contributed by atoms with E-state index in [-0.39, 0.29) is 11.3 Å². The highest BCUT2D eigenvalue weighted by Gasteiger charge is 2.24. The Hall–Kier alpha value is -3.12. The Balaban J connectivity index is 1.71. The Morgan fingerprint density at radius 1 is 1.31 bits per heavy atom. The van der Waals surface area contributed by atoms with E-state index >= 15 is 0 Å². The number of likely N-dealkylation sites (N-methyl/N-ethyl adjacent to an activating group) is 1. The summed E-state index contributed by atoms with van der Waals surface area (Å²) in [5, 5.41) is 9.54. The summed E-state index contributed by atoms with van der Waals surface area (Å²) in [6.45, 7) is 10.6. The number of aryl methyl sites for hydroxylation is 2. The minimum Gasteiger partial charge on any atom is -0.398 e. The zero-order chi connectivity index (χ0) is 26.2. The molecule has 1 aromatic heterocycles. The molecule has 190 valence electrons. The molecule has 1 aliphatic rings. The lowest BCUT2D eigenvalue weighted by atomic mass is 9.91. The molecular formula is C29H36ClN5O. The molecule has 3 aromatic rings. The molecule has 0 unspecified atom stereocenters. The lowest BCUT2D eigenvalue weighted by Gasteiger charge is -2.34. The van der Waals surface area contributed by atoms with Gasteiger partial charge in [0.25, 0.3) is 0 Å². The smallest absolute Gasteiger partial charge is 0.222 e. The zero-order valence-corrected chi connectivity index (χ0v) is 22.7. The fourth-order valence-electron chi connectivity index (χ4n) is 5.03. The van der Waals surface area contributed by atoms with E-state index in [1.807, 2.05) is 49.3 Å². The number of anilines is 2. The lowest BCUT2D eigenvalue weighted by Crippen LogP contribution is -2.39. The van der Waals surface area contributed by atoms with Gasteiger partial charge in [0.05, 0.1) is 11.2 Å². The molecule has 0 radical (unpaired) electrons. The van der Waals surface area contributed by atoms with Crippen LogP contribution in [-0.4, -0.2) is 48.7 Å². The summed E-state index contributed by atoms with van der Waals surface area (Å²) in [6.07, 6.45) is 5.82. The molecule has 0 saturated carbocycles. The molecule has 3 N–H and O–H groups in total. The van der Waals surface area contributed by atoms with Crippen molar-refractivity contribution in [2.75, 3.05) is 37.3 Å². The van der Waals surface area contributed by atoms with E-state index in [0.717, 1.165) is 59.2 Å². The minimum absolute atomic E-state index is 0.0290. The second-order valence-electron chi connectivity index (χ2n) is 11.0. The fourth-order valence-corrected chi connectivity index (χ4v) is 5.28. The van der Waals surface area contributed by atoms with Crippen LogP contribution in [-0.2, 0) is 11.2 Å². The number of aromatic nitrogens is 1. The average molecular weight is 506 g/mol. The number of nitrogens with zero attached hydrogens (tertiary/aromatic N) is 3. The van der Waals surface area contributed by atoms with Crippen LogP contribution in [0.5, 0.6) is 0 Å². The average Bonchev–Trinajstić information content (AvgIpc) is 2.82. The summed E-state index contributed by atoms with van der Waals surface area (Å²) in [5.74, 6) is 0.173. The van der Waals surface area contributed by atoms with Gasteiger partial charge in [-0.15, -0.1) is 0 Å². The fraction of sp³-hybridized carbons (Fsp3) is 0.414. The molecule has 1 aliphatic heterocycles. The van der Waals surface area contributed by atoms with Gasteiger partial charge < -0.3 is 20.9 Å². The van der Waals surface area contributed by atoms with Gasteiger partial charge in [-0.2, -0.15) is 0 Å². The van der Waals surface area contributed by atoms with E-state index in [1.165, 1.54) is 11.8 Å². The minimum atomic E-state index is -0.0290. The number of pyridine rings is 1. The second kappa shape index (κ2) is 10.1. The van der Waals surface area contributed by atoms with Crippen LogP contribution in [0.3, 0.4) is 0 Å². The number of carbonyl (C=O) groups is 1. The van der Waals surface area contributed by atoms with Crippen molar-refractivity contribution in [3.05, 3.63) is 52.2 Å². The Kier molecular flexibility index (Phi) is 7.28. The van der Waals surface area contributed by atoms with Crippen molar-refractivity contribution in [2.24, 2.45) is 5.41 Å². The van der Waals surface area contributed by atoms with E-state index in [0.29, 0.717) is 29.2 Å². The lowest BCUT2D eigenvalue weighted by molar-refractivity contribution is -0.131. The predicted molar refractivity (Wildman–Crippen MR) is 151 cm³/mol. The normalized spacial score (nSPS) is 13.6.